The lowest BCUT2D eigenvalue weighted by Gasteiger charge is -2.27. The second-order valence-electron chi connectivity index (χ2n) is 3.27. The fourth-order valence-corrected chi connectivity index (χ4v) is 1.82. The molecule has 4 nitrogen and oxygen atoms in total. The fourth-order valence-electron chi connectivity index (χ4n) is 1.82. The smallest absolute Gasteiger partial charge is 0.142 e. The molecule has 2 aliphatic heterocycles. The predicted molar refractivity (Wildman–Crippen MR) is 39.0 cm³/mol. The maximum Gasteiger partial charge on any atom is 0.142 e. The van der Waals surface area contributed by atoms with Crippen molar-refractivity contribution in [1.82, 2.24) is 0 Å². The SMILES string of the molecule is BC1OC2(CO)CO[C@H]1[C@H]2O. The summed E-state index contributed by atoms with van der Waals surface area (Å²) in [6.45, 7) is 0.134. The lowest BCUT2D eigenvalue weighted by atomic mass is 9.92. The van der Waals surface area contributed by atoms with E-state index in [0.29, 0.717) is 6.61 Å². The van der Waals surface area contributed by atoms with Crippen molar-refractivity contribution in [3.05, 3.63) is 0 Å². The normalized spacial score (nSPS) is 55.3. The Morgan fingerprint density at radius 1 is 1.64 bits per heavy atom. The highest BCUT2D eigenvalue weighted by Crippen LogP contribution is 2.38. The van der Waals surface area contributed by atoms with Crippen molar-refractivity contribution < 1.29 is 19.7 Å². The van der Waals surface area contributed by atoms with E-state index in [9.17, 15) is 5.11 Å². The summed E-state index contributed by atoms with van der Waals surface area (Å²) in [7, 11) is 1.84. The van der Waals surface area contributed by atoms with Gasteiger partial charge in [-0.05, 0) is 0 Å². The summed E-state index contributed by atoms with van der Waals surface area (Å²) in [6, 6.07) is -0.106. The zero-order valence-electron chi connectivity index (χ0n) is 6.36. The Labute approximate surface area is 65.5 Å². The topological polar surface area (TPSA) is 58.9 Å². The fraction of sp³-hybridized carbons (Fsp3) is 1.00. The lowest BCUT2D eigenvalue weighted by Crippen LogP contribution is -2.44. The van der Waals surface area contributed by atoms with Crippen LogP contribution in [0.4, 0.5) is 0 Å². The molecule has 2 rings (SSSR count). The molecule has 0 aliphatic carbocycles. The Kier molecular flexibility index (Phi) is 1.51. The average Bonchev–Trinajstić information content (AvgIpc) is 2.42. The molecule has 2 bridgehead atoms. The second kappa shape index (κ2) is 2.20. The molecule has 0 amide bonds. The van der Waals surface area contributed by atoms with Crippen LogP contribution in [-0.2, 0) is 9.47 Å². The Morgan fingerprint density at radius 2 is 2.36 bits per heavy atom. The summed E-state index contributed by atoms with van der Waals surface area (Å²) >= 11 is 0. The van der Waals surface area contributed by atoms with Crippen molar-refractivity contribution in [2.45, 2.75) is 23.8 Å². The van der Waals surface area contributed by atoms with Crippen molar-refractivity contribution in [1.29, 1.82) is 0 Å². The first-order valence-electron chi connectivity index (χ1n) is 3.78. The third-order valence-electron chi connectivity index (χ3n) is 2.52. The van der Waals surface area contributed by atoms with E-state index in [1.165, 1.54) is 0 Å². The summed E-state index contributed by atoms with van der Waals surface area (Å²) in [5, 5.41) is 18.5. The molecule has 2 saturated heterocycles. The van der Waals surface area contributed by atoms with Gasteiger partial charge in [0.15, 0.2) is 0 Å². The summed E-state index contributed by atoms with van der Waals surface area (Å²) < 4.78 is 10.6. The van der Waals surface area contributed by atoms with Crippen LogP contribution < -0.4 is 0 Å². The third kappa shape index (κ3) is 0.795. The second-order valence-corrected chi connectivity index (χ2v) is 3.27. The lowest BCUT2D eigenvalue weighted by molar-refractivity contribution is -0.136. The van der Waals surface area contributed by atoms with Crippen LogP contribution in [0, 0.1) is 0 Å². The minimum Gasteiger partial charge on any atom is -0.393 e. The highest BCUT2D eigenvalue weighted by atomic mass is 16.6. The summed E-state index contributed by atoms with van der Waals surface area (Å²) in [4.78, 5) is 0. The van der Waals surface area contributed by atoms with Crippen molar-refractivity contribution in [2.75, 3.05) is 13.2 Å². The summed E-state index contributed by atoms with van der Waals surface area (Å²) in [6.07, 6.45) is -0.912. The average molecular weight is 158 g/mol. The number of hydrogen-bond acceptors (Lipinski definition) is 4. The van der Waals surface area contributed by atoms with Gasteiger partial charge < -0.3 is 19.7 Å². The van der Waals surface area contributed by atoms with Crippen LogP contribution >= 0.6 is 0 Å². The minimum absolute atomic E-state index is 0.106. The molecule has 0 radical (unpaired) electrons. The van der Waals surface area contributed by atoms with Crippen molar-refractivity contribution in [3.63, 3.8) is 0 Å². The van der Waals surface area contributed by atoms with Crippen LogP contribution in [0.5, 0.6) is 0 Å². The minimum atomic E-state index is -0.829. The Balaban J connectivity index is 2.24. The van der Waals surface area contributed by atoms with Gasteiger partial charge in [0.25, 0.3) is 0 Å². The molecule has 2 heterocycles. The highest BCUT2D eigenvalue weighted by molar-refractivity contribution is 6.11. The van der Waals surface area contributed by atoms with Crippen molar-refractivity contribution in [3.8, 4) is 0 Å². The van der Waals surface area contributed by atoms with Gasteiger partial charge in [-0.15, -0.1) is 0 Å². The standard InChI is InChI=1S/C6H11BO4/c7-5-3-4(9)6(1-8,11-5)2-10-3/h3-5,8-9H,1-2,7H2/t3-,4+,5?,6?/m0/s1. The molecule has 0 aromatic rings. The van der Waals surface area contributed by atoms with Gasteiger partial charge in [0, 0.05) is 0 Å². The maximum absolute atomic E-state index is 9.54. The molecule has 0 aromatic carbocycles. The number of ether oxygens (including phenoxy) is 2. The highest BCUT2D eigenvalue weighted by Gasteiger charge is 2.58. The van der Waals surface area contributed by atoms with Gasteiger partial charge in [-0.2, -0.15) is 0 Å². The molecule has 2 fully saturated rings. The van der Waals surface area contributed by atoms with Gasteiger partial charge in [-0.1, -0.05) is 0 Å². The molecular formula is C6H11BO4. The molecule has 2 aliphatic rings. The van der Waals surface area contributed by atoms with E-state index in [2.05, 4.69) is 0 Å². The number of aliphatic hydroxyl groups excluding tert-OH is 2. The van der Waals surface area contributed by atoms with Gasteiger partial charge in [0.2, 0.25) is 0 Å². The van der Waals surface area contributed by atoms with Crippen LogP contribution in [0.15, 0.2) is 0 Å². The van der Waals surface area contributed by atoms with Gasteiger partial charge in [-0.3, -0.25) is 0 Å². The maximum atomic E-state index is 9.54. The Morgan fingerprint density at radius 3 is 2.64 bits per heavy atom. The third-order valence-corrected chi connectivity index (χ3v) is 2.52. The largest absolute Gasteiger partial charge is 0.393 e. The molecule has 62 valence electrons. The molecule has 2 unspecified atom stereocenters. The van der Waals surface area contributed by atoms with E-state index in [1.807, 2.05) is 7.85 Å². The van der Waals surface area contributed by atoms with Crippen LogP contribution in [0.2, 0.25) is 0 Å². The van der Waals surface area contributed by atoms with E-state index in [1.54, 1.807) is 0 Å². The van der Waals surface area contributed by atoms with E-state index in [0.717, 1.165) is 0 Å². The Bertz CT molecular complexity index is 176. The number of hydrogen-bond donors (Lipinski definition) is 2. The quantitative estimate of drug-likeness (QED) is 0.413. The van der Waals surface area contributed by atoms with Gasteiger partial charge in [0.1, 0.15) is 25.7 Å². The molecule has 0 saturated carbocycles. The van der Waals surface area contributed by atoms with Crippen LogP contribution in [0.3, 0.4) is 0 Å². The molecule has 5 heteroatoms. The molecule has 2 N–H and O–H groups in total. The molecule has 11 heavy (non-hydrogen) atoms. The van der Waals surface area contributed by atoms with E-state index in [-0.39, 0.29) is 18.7 Å². The molecular weight excluding hydrogens is 147 g/mol. The van der Waals surface area contributed by atoms with Crippen molar-refractivity contribution >= 4 is 7.85 Å². The monoisotopic (exact) mass is 158 g/mol. The summed E-state index contributed by atoms with van der Waals surface area (Å²) in [5.74, 6) is 0. The first-order chi connectivity index (χ1) is 5.19. The molecule has 0 spiro atoms. The Hall–Kier alpha value is -0.0951. The van der Waals surface area contributed by atoms with Gasteiger partial charge >= 0.3 is 0 Å². The predicted octanol–water partition coefficient (Wildman–Crippen LogP) is -2.53. The van der Waals surface area contributed by atoms with E-state index < -0.39 is 11.7 Å². The van der Waals surface area contributed by atoms with Crippen LogP contribution in [-0.4, -0.2) is 55.1 Å². The first kappa shape index (κ1) is 7.55. The van der Waals surface area contributed by atoms with E-state index in [4.69, 9.17) is 14.6 Å². The summed E-state index contributed by atoms with van der Waals surface area (Å²) in [5.41, 5.74) is -0.829. The van der Waals surface area contributed by atoms with E-state index >= 15 is 0 Å². The molecule has 0 aromatic heterocycles. The van der Waals surface area contributed by atoms with Crippen LogP contribution in [0.25, 0.3) is 0 Å². The number of fused-ring (bicyclic) bond motifs is 2. The zero-order valence-corrected chi connectivity index (χ0v) is 6.36. The van der Waals surface area contributed by atoms with Gasteiger partial charge in [-0.25, -0.2) is 0 Å². The molecule has 4 atom stereocenters. The first-order valence-corrected chi connectivity index (χ1v) is 3.78. The number of rotatable bonds is 1. The number of aliphatic hydroxyl groups is 2. The zero-order chi connectivity index (χ0) is 8.06. The van der Waals surface area contributed by atoms with Crippen LogP contribution in [0.1, 0.15) is 0 Å². The van der Waals surface area contributed by atoms with Crippen molar-refractivity contribution in [2.24, 2.45) is 0 Å². The van der Waals surface area contributed by atoms with Gasteiger partial charge in [0.05, 0.1) is 19.2 Å².